The van der Waals surface area contributed by atoms with E-state index < -0.39 is 9.84 Å². The highest BCUT2D eigenvalue weighted by molar-refractivity contribution is 7.90. The molecule has 0 bridgehead atoms. The van der Waals surface area contributed by atoms with Crippen LogP contribution in [0.25, 0.3) is 16.8 Å². The topological polar surface area (TPSA) is 105 Å². The maximum Gasteiger partial charge on any atom is 0.325 e. The third-order valence-electron chi connectivity index (χ3n) is 3.98. The predicted octanol–water partition coefficient (Wildman–Crippen LogP) is 1.82. The molecule has 0 fully saturated rings. The molecular formula is C17H16N5O3S+. The van der Waals surface area contributed by atoms with Crippen molar-refractivity contribution in [2.45, 2.75) is 11.4 Å². The minimum atomic E-state index is -3.23. The van der Waals surface area contributed by atoms with Crippen molar-refractivity contribution < 1.29 is 17.2 Å². The quantitative estimate of drug-likeness (QED) is 0.519. The van der Waals surface area contributed by atoms with Crippen molar-refractivity contribution in [1.82, 2.24) is 15.2 Å². The number of aromatic nitrogens is 4. The van der Waals surface area contributed by atoms with Gasteiger partial charge in [-0.25, -0.2) is 8.42 Å². The van der Waals surface area contributed by atoms with Gasteiger partial charge in [0.2, 0.25) is 12.0 Å². The Bertz CT molecular complexity index is 1150. The molecule has 4 aromatic rings. The van der Waals surface area contributed by atoms with E-state index >= 15 is 0 Å². The summed E-state index contributed by atoms with van der Waals surface area (Å²) in [5, 5.41) is 10.2. The predicted molar refractivity (Wildman–Crippen MR) is 94.1 cm³/mol. The number of hydrogen-bond acceptors (Lipinski definition) is 6. The number of nitrogens with one attached hydrogen (secondary N) is 2. The highest BCUT2D eigenvalue weighted by Crippen LogP contribution is 2.23. The number of anilines is 1. The van der Waals surface area contributed by atoms with Gasteiger partial charge in [-0.2, -0.15) is 9.50 Å². The molecule has 3 aromatic heterocycles. The van der Waals surface area contributed by atoms with E-state index in [-0.39, 0.29) is 4.90 Å². The smallest absolute Gasteiger partial charge is 0.325 e. The molecule has 0 atom stereocenters. The van der Waals surface area contributed by atoms with Crippen molar-refractivity contribution in [3.63, 3.8) is 0 Å². The monoisotopic (exact) mass is 370 g/mol. The fourth-order valence-electron chi connectivity index (χ4n) is 2.66. The van der Waals surface area contributed by atoms with Gasteiger partial charge in [0.25, 0.3) is 0 Å². The molecule has 0 amide bonds. The Morgan fingerprint density at radius 2 is 2.04 bits per heavy atom. The first-order valence-corrected chi connectivity index (χ1v) is 9.72. The van der Waals surface area contributed by atoms with E-state index in [0.717, 1.165) is 22.5 Å². The summed E-state index contributed by atoms with van der Waals surface area (Å²) in [5.41, 5.74) is 2.39. The standard InChI is InChI=1S/C17H15N5O3S/c1-26(23,24)14-6-4-12(5-7-14)15-10-19-17(22-11-20-21-16(15)22)18-9-13-3-2-8-25-13/h2-8,10-11H,9H2,1H3,(H,18,19,21)/p+1. The Kier molecular flexibility index (Phi) is 3.92. The van der Waals surface area contributed by atoms with Gasteiger partial charge in [-0.1, -0.05) is 12.1 Å². The lowest BCUT2D eigenvalue weighted by Crippen LogP contribution is -2.27. The molecule has 132 valence electrons. The molecule has 0 spiro atoms. The number of aromatic amines is 1. The van der Waals surface area contributed by atoms with Crippen LogP contribution in [0.1, 0.15) is 5.76 Å². The zero-order valence-electron chi connectivity index (χ0n) is 13.9. The summed E-state index contributed by atoms with van der Waals surface area (Å²) in [6.45, 7) is 0.496. The third kappa shape index (κ3) is 3.04. The molecule has 1 aromatic carbocycles. The van der Waals surface area contributed by atoms with Crippen molar-refractivity contribution in [3.8, 4) is 11.1 Å². The third-order valence-corrected chi connectivity index (χ3v) is 5.11. The van der Waals surface area contributed by atoms with Gasteiger partial charge in [-0.15, -0.1) is 4.98 Å². The molecule has 0 saturated carbocycles. The molecule has 0 aliphatic heterocycles. The fraction of sp³-hybridized carbons (Fsp3) is 0.118. The first-order chi connectivity index (χ1) is 12.5. The highest BCUT2D eigenvalue weighted by Gasteiger charge is 2.17. The average Bonchev–Trinajstić information content (AvgIpc) is 3.31. The van der Waals surface area contributed by atoms with E-state index in [0.29, 0.717) is 12.5 Å². The van der Waals surface area contributed by atoms with Crippen LogP contribution in [0.4, 0.5) is 5.95 Å². The number of furan rings is 1. The van der Waals surface area contributed by atoms with Gasteiger partial charge in [0.15, 0.2) is 9.84 Å². The number of nitrogens with zero attached hydrogens (tertiary/aromatic N) is 3. The van der Waals surface area contributed by atoms with E-state index in [4.69, 9.17) is 4.42 Å². The fourth-order valence-corrected chi connectivity index (χ4v) is 3.29. The molecule has 2 N–H and O–H groups in total. The Balaban J connectivity index is 1.69. The Morgan fingerprint density at radius 1 is 1.23 bits per heavy atom. The zero-order valence-corrected chi connectivity index (χ0v) is 14.7. The van der Waals surface area contributed by atoms with E-state index in [1.165, 1.54) is 6.26 Å². The Morgan fingerprint density at radius 3 is 2.73 bits per heavy atom. The highest BCUT2D eigenvalue weighted by atomic mass is 32.2. The SMILES string of the molecule is CS(=O)(=O)c1ccc(-c2cnc(NCc3ccco3)[n+]3cn[nH]c23)cc1. The lowest BCUT2D eigenvalue weighted by atomic mass is 10.1. The van der Waals surface area contributed by atoms with Crippen LogP contribution in [0.5, 0.6) is 0 Å². The number of rotatable bonds is 5. The summed E-state index contributed by atoms with van der Waals surface area (Å²) >= 11 is 0. The summed E-state index contributed by atoms with van der Waals surface area (Å²) in [4.78, 5) is 4.74. The van der Waals surface area contributed by atoms with Crippen LogP contribution in [0.15, 0.2) is 64.5 Å². The second kappa shape index (κ2) is 6.26. The Labute approximate surface area is 149 Å². The molecule has 0 saturated heterocycles. The van der Waals surface area contributed by atoms with Gasteiger partial charge in [-0.05, 0) is 34.9 Å². The lowest BCUT2D eigenvalue weighted by molar-refractivity contribution is -0.499. The molecular weight excluding hydrogens is 354 g/mol. The van der Waals surface area contributed by atoms with Crippen molar-refractivity contribution in [2.24, 2.45) is 0 Å². The normalized spacial score (nSPS) is 11.7. The maximum absolute atomic E-state index is 11.6. The number of H-pyrrole nitrogens is 1. The summed E-state index contributed by atoms with van der Waals surface area (Å²) in [5.74, 6) is 1.41. The van der Waals surface area contributed by atoms with Gasteiger partial charge in [-0.3, -0.25) is 5.32 Å². The molecule has 3 heterocycles. The van der Waals surface area contributed by atoms with Gasteiger partial charge >= 0.3 is 5.95 Å². The van der Waals surface area contributed by atoms with Crippen molar-refractivity contribution in [1.29, 1.82) is 0 Å². The minimum absolute atomic E-state index is 0.277. The number of hydrogen-bond donors (Lipinski definition) is 2. The van der Waals surface area contributed by atoms with Crippen LogP contribution < -0.4 is 9.72 Å². The maximum atomic E-state index is 11.6. The van der Waals surface area contributed by atoms with E-state index in [1.54, 1.807) is 47.5 Å². The second-order valence-electron chi connectivity index (χ2n) is 5.80. The molecule has 0 aliphatic carbocycles. The van der Waals surface area contributed by atoms with Crippen LogP contribution in [0.2, 0.25) is 0 Å². The van der Waals surface area contributed by atoms with Crippen LogP contribution in [-0.4, -0.2) is 29.9 Å². The van der Waals surface area contributed by atoms with Gasteiger partial charge in [0.05, 0.1) is 22.9 Å². The molecule has 26 heavy (non-hydrogen) atoms. The largest absolute Gasteiger partial charge is 0.467 e. The summed E-state index contributed by atoms with van der Waals surface area (Å²) in [7, 11) is -3.23. The van der Waals surface area contributed by atoms with Crippen molar-refractivity contribution in [2.75, 3.05) is 11.6 Å². The number of fused-ring (bicyclic) bond motifs is 1. The first-order valence-electron chi connectivity index (χ1n) is 7.83. The van der Waals surface area contributed by atoms with Crippen LogP contribution >= 0.6 is 0 Å². The van der Waals surface area contributed by atoms with Gasteiger partial charge < -0.3 is 4.42 Å². The molecule has 4 rings (SSSR count). The molecule has 9 heteroatoms. The number of sulfone groups is 1. The van der Waals surface area contributed by atoms with Crippen molar-refractivity contribution in [3.05, 3.63) is 60.9 Å². The van der Waals surface area contributed by atoms with E-state index in [1.807, 2.05) is 12.1 Å². The van der Waals surface area contributed by atoms with Crippen LogP contribution in [-0.2, 0) is 16.4 Å². The second-order valence-corrected chi connectivity index (χ2v) is 7.82. The average molecular weight is 370 g/mol. The summed E-state index contributed by atoms with van der Waals surface area (Å²) in [6.07, 6.45) is 6.15. The summed E-state index contributed by atoms with van der Waals surface area (Å²) < 4.78 is 30.3. The molecule has 8 nitrogen and oxygen atoms in total. The molecule has 0 unspecified atom stereocenters. The zero-order chi connectivity index (χ0) is 18.1. The Hall–Kier alpha value is -3.20. The molecule has 0 radical (unpaired) electrons. The van der Waals surface area contributed by atoms with Crippen LogP contribution in [0, 0.1) is 0 Å². The van der Waals surface area contributed by atoms with E-state index in [2.05, 4.69) is 20.5 Å². The van der Waals surface area contributed by atoms with Gasteiger partial charge in [0.1, 0.15) is 12.3 Å². The summed E-state index contributed by atoms with van der Waals surface area (Å²) in [6, 6.07) is 10.4. The first kappa shape index (κ1) is 16.3. The minimum Gasteiger partial charge on any atom is -0.467 e. The number of benzene rings is 1. The van der Waals surface area contributed by atoms with Crippen LogP contribution in [0.3, 0.4) is 0 Å². The van der Waals surface area contributed by atoms with E-state index in [9.17, 15) is 8.42 Å². The molecule has 0 aliphatic rings. The van der Waals surface area contributed by atoms with Crippen molar-refractivity contribution >= 4 is 21.4 Å². The lowest BCUT2D eigenvalue weighted by Gasteiger charge is -2.05. The van der Waals surface area contributed by atoms with Gasteiger partial charge in [0, 0.05) is 6.26 Å².